The summed E-state index contributed by atoms with van der Waals surface area (Å²) in [4.78, 5) is 29.2. The predicted octanol–water partition coefficient (Wildman–Crippen LogP) is 5.05. The molecule has 1 aromatic heterocycles. The molecule has 132 valence electrons. The highest BCUT2D eigenvalue weighted by molar-refractivity contribution is 7.99. The minimum Gasteiger partial charge on any atom is -0.364 e. The second-order valence-corrected chi connectivity index (χ2v) is 7.37. The van der Waals surface area contributed by atoms with Gasteiger partial charge in [-0.1, -0.05) is 47.1 Å². The summed E-state index contributed by atoms with van der Waals surface area (Å²) in [5.41, 5.74) is 2.16. The van der Waals surface area contributed by atoms with Crippen LogP contribution in [0.3, 0.4) is 0 Å². The number of aromatic amines is 1. The quantitative estimate of drug-likeness (QED) is 0.661. The van der Waals surface area contributed by atoms with Gasteiger partial charge in [0.2, 0.25) is 0 Å². The van der Waals surface area contributed by atoms with Crippen molar-refractivity contribution in [3.05, 3.63) is 86.8 Å². The van der Waals surface area contributed by atoms with Gasteiger partial charge in [-0.2, -0.15) is 0 Å². The number of carbonyl (C=O) groups is 1. The molecular formula is C20H17ClN2O2S. The molecule has 0 saturated heterocycles. The van der Waals surface area contributed by atoms with Crippen molar-refractivity contribution in [3.63, 3.8) is 0 Å². The van der Waals surface area contributed by atoms with E-state index < -0.39 is 5.91 Å². The van der Waals surface area contributed by atoms with E-state index in [1.54, 1.807) is 25.1 Å². The maximum absolute atomic E-state index is 12.5. The van der Waals surface area contributed by atoms with E-state index in [4.69, 9.17) is 11.6 Å². The van der Waals surface area contributed by atoms with Crippen molar-refractivity contribution in [2.45, 2.75) is 23.6 Å². The minimum atomic E-state index is -0.473. The first kappa shape index (κ1) is 18.3. The van der Waals surface area contributed by atoms with Gasteiger partial charge >= 0.3 is 0 Å². The van der Waals surface area contributed by atoms with Crippen LogP contribution in [0, 0.1) is 13.8 Å². The van der Waals surface area contributed by atoms with Gasteiger partial charge in [0.05, 0.1) is 15.6 Å². The van der Waals surface area contributed by atoms with Gasteiger partial charge in [-0.3, -0.25) is 9.59 Å². The molecule has 1 heterocycles. The Balaban J connectivity index is 1.90. The maximum atomic E-state index is 12.5. The summed E-state index contributed by atoms with van der Waals surface area (Å²) in [5, 5.41) is 3.33. The summed E-state index contributed by atoms with van der Waals surface area (Å²) in [6.07, 6.45) is 1.42. The highest BCUT2D eigenvalue weighted by atomic mass is 35.5. The van der Waals surface area contributed by atoms with Gasteiger partial charge in [0.1, 0.15) is 5.56 Å². The highest BCUT2D eigenvalue weighted by Gasteiger charge is 2.15. The lowest BCUT2D eigenvalue weighted by molar-refractivity contribution is 0.102. The lowest BCUT2D eigenvalue weighted by Crippen LogP contribution is -2.21. The van der Waals surface area contributed by atoms with E-state index in [1.165, 1.54) is 29.6 Å². The zero-order valence-corrected chi connectivity index (χ0v) is 15.9. The number of aromatic nitrogens is 1. The Kier molecular flexibility index (Phi) is 5.49. The van der Waals surface area contributed by atoms with Crippen molar-refractivity contribution in [2.24, 2.45) is 0 Å². The predicted molar refractivity (Wildman–Crippen MR) is 107 cm³/mol. The number of amides is 1. The first-order valence-electron chi connectivity index (χ1n) is 7.98. The Hall–Kier alpha value is -2.50. The Bertz CT molecular complexity index is 1010. The molecular weight excluding hydrogens is 368 g/mol. The van der Waals surface area contributed by atoms with Crippen molar-refractivity contribution in [1.82, 2.24) is 4.98 Å². The van der Waals surface area contributed by atoms with Gasteiger partial charge in [-0.25, -0.2) is 0 Å². The van der Waals surface area contributed by atoms with Crippen molar-refractivity contribution < 1.29 is 4.79 Å². The third kappa shape index (κ3) is 4.18. The highest BCUT2D eigenvalue weighted by Crippen LogP contribution is 2.39. The number of carbonyl (C=O) groups excluding carboxylic acids is 1. The second kappa shape index (κ2) is 7.81. The normalized spacial score (nSPS) is 10.6. The molecule has 0 bridgehead atoms. The molecule has 0 aliphatic rings. The van der Waals surface area contributed by atoms with Crippen molar-refractivity contribution in [3.8, 4) is 0 Å². The molecule has 0 aliphatic heterocycles. The van der Waals surface area contributed by atoms with E-state index in [9.17, 15) is 9.59 Å². The van der Waals surface area contributed by atoms with E-state index in [0.29, 0.717) is 16.4 Å². The van der Waals surface area contributed by atoms with Crippen LogP contribution in [0.1, 0.15) is 21.6 Å². The zero-order valence-electron chi connectivity index (χ0n) is 14.3. The molecule has 4 nitrogen and oxygen atoms in total. The number of anilines is 1. The fourth-order valence-electron chi connectivity index (χ4n) is 2.38. The molecule has 0 unspecified atom stereocenters. The Morgan fingerprint density at radius 1 is 1.12 bits per heavy atom. The summed E-state index contributed by atoms with van der Waals surface area (Å²) in [6.45, 7) is 3.78. The average Bonchev–Trinajstić information content (AvgIpc) is 2.59. The summed E-state index contributed by atoms with van der Waals surface area (Å²) >= 11 is 7.81. The largest absolute Gasteiger partial charge is 0.364 e. The number of hydrogen-bond donors (Lipinski definition) is 2. The van der Waals surface area contributed by atoms with E-state index in [2.05, 4.69) is 10.3 Å². The van der Waals surface area contributed by atoms with Crippen LogP contribution in [-0.4, -0.2) is 10.9 Å². The van der Waals surface area contributed by atoms with Gasteiger partial charge in [0.25, 0.3) is 5.91 Å². The van der Waals surface area contributed by atoms with Gasteiger partial charge in [-0.15, -0.1) is 0 Å². The van der Waals surface area contributed by atoms with Crippen molar-refractivity contribution in [1.29, 1.82) is 0 Å². The van der Waals surface area contributed by atoms with Crippen LogP contribution in [-0.2, 0) is 0 Å². The summed E-state index contributed by atoms with van der Waals surface area (Å²) < 4.78 is 0. The van der Waals surface area contributed by atoms with E-state index in [-0.39, 0.29) is 11.0 Å². The fraction of sp³-hybridized carbons (Fsp3) is 0.100. The standard InChI is InChI=1S/C20H17ClN2O2S/c1-12-6-8-14(9-7-12)26-19-16(21)4-3-5-17(19)23-20(25)15-11-22-13(2)10-18(15)24/h3-11H,1-2H3,(H,22,24)(H,23,25). The molecule has 0 radical (unpaired) electrons. The van der Waals surface area contributed by atoms with Crippen LogP contribution in [0.5, 0.6) is 0 Å². The molecule has 1 amide bonds. The third-order valence-corrected chi connectivity index (χ3v) is 5.34. The van der Waals surface area contributed by atoms with Crippen LogP contribution in [0.4, 0.5) is 5.69 Å². The summed E-state index contributed by atoms with van der Waals surface area (Å²) in [7, 11) is 0. The molecule has 2 aromatic carbocycles. The minimum absolute atomic E-state index is 0.0573. The molecule has 0 aliphatic carbocycles. The van der Waals surface area contributed by atoms with Gasteiger partial charge in [-0.05, 0) is 38.1 Å². The van der Waals surface area contributed by atoms with Crippen molar-refractivity contribution in [2.75, 3.05) is 5.32 Å². The topological polar surface area (TPSA) is 62.0 Å². The van der Waals surface area contributed by atoms with E-state index >= 15 is 0 Å². The summed E-state index contributed by atoms with van der Waals surface area (Å²) in [5.74, 6) is -0.473. The van der Waals surface area contributed by atoms with Gasteiger partial charge in [0, 0.05) is 22.9 Å². The lowest BCUT2D eigenvalue weighted by Gasteiger charge is -2.12. The van der Waals surface area contributed by atoms with Crippen LogP contribution in [0.25, 0.3) is 0 Å². The van der Waals surface area contributed by atoms with E-state index in [1.807, 2.05) is 31.2 Å². The van der Waals surface area contributed by atoms with Gasteiger partial charge in [0.15, 0.2) is 5.43 Å². The smallest absolute Gasteiger partial charge is 0.261 e. The number of pyridine rings is 1. The number of aryl methyl sites for hydroxylation is 2. The molecule has 0 atom stereocenters. The molecule has 3 aromatic rings. The van der Waals surface area contributed by atoms with E-state index in [0.717, 1.165) is 9.79 Å². The first-order valence-corrected chi connectivity index (χ1v) is 9.17. The molecule has 0 saturated carbocycles. The van der Waals surface area contributed by atoms with Crippen molar-refractivity contribution >= 4 is 35.0 Å². The number of nitrogens with one attached hydrogen (secondary N) is 2. The number of rotatable bonds is 4. The number of H-pyrrole nitrogens is 1. The average molecular weight is 385 g/mol. The Morgan fingerprint density at radius 2 is 1.85 bits per heavy atom. The molecule has 3 rings (SSSR count). The number of hydrogen-bond acceptors (Lipinski definition) is 3. The number of benzene rings is 2. The molecule has 26 heavy (non-hydrogen) atoms. The number of halogens is 1. The lowest BCUT2D eigenvalue weighted by atomic mass is 10.2. The molecule has 0 spiro atoms. The second-order valence-electron chi connectivity index (χ2n) is 5.88. The third-order valence-electron chi connectivity index (χ3n) is 3.76. The zero-order chi connectivity index (χ0) is 18.7. The SMILES string of the molecule is Cc1ccc(Sc2c(Cl)cccc2NC(=O)c2c[nH]c(C)cc2=O)cc1. The van der Waals surface area contributed by atoms with Crippen LogP contribution < -0.4 is 10.7 Å². The summed E-state index contributed by atoms with van der Waals surface area (Å²) in [6, 6.07) is 14.7. The molecule has 0 fully saturated rings. The Labute approximate surface area is 160 Å². The van der Waals surface area contributed by atoms with Crippen LogP contribution in [0.2, 0.25) is 5.02 Å². The first-order chi connectivity index (χ1) is 12.4. The maximum Gasteiger partial charge on any atom is 0.261 e. The van der Waals surface area contributed by atoms with Crippen LogP contribution >= 0.6 is 23.4 Å². The fourth-order valence-corrected chi connectivity index (χ4v) is 3.57. The monoisotopic (exact) mass is 384 g/mol. The molecule has 2 N–H and O–H groups in total. The Morgan fingerprint density at radius 3 is 2.54 bits per heavy atom. The van der Waals surface area contributed by atoms with Gasteiger partial charge < -0.3 is 10.3 Å². The molecule has 6 heteroatoms. The van der Waals surface area contributed by atoms with Crippen LogP contribution in [0.15, 0.2) is 69.3 Å².